The number of nitrogens with zero attached hydrogens (tertiary/aromatic N) is 1. The maximum absolute atomic E-state index is 11.3. The highest BCUT2D eigenvalue weighted by molar-refractivity contribution is 9.10. The number of pyridine rings is 1. The largest absolute Gasteiger partial charge is 0.469 e. The second-order valence-corrected chi connectivity index (χ2v) is 3.62. The number of aromatic nitrogens is 1. The number of aryl methyl sites for hydroxylation is 1. The summed E-state index contributed by atoms with van der Waals surface area (Å²) >= 11 is 3.24. The minimum absolute atomic E-state index is 0.128. The fourth-order valence-corrected chi connectivity index (χ4v) is 1.37. The van der Waals surface area contributed by atoms with E-state index >= 15 is 0 Å². The van der Waals surface area contributed by atoms with E-state index in [4.69, 9.17) is 0 Å². The lowest BCUT2D eigenvalue weighted by atomic mass is 10.4. The van der Waals surface area contributed by atoms with Crippen molar-refractivity contribution >= 4 is 21.9 Å². The molecule has 0 aliphatic rings. The molecule has 0 saturated carbocycles. The number of halogens is 1. The SMILES string of the molecule is COC(=O)CCn1cc(Br)ccc1=O. The van der Waals surface area contributed by atoms with E-state index in [1.54, 1.807) is 12.3 Å². The third-order valence-electron chi connectivity index (χ3n) is 1.73. The minimum Gasteiger partial charge on any atom is -0.469 e. The summed E-state index contributed by atoms with van der Waals surface area (Å²) in [6.07, 6.45) is 1.85. The highest BCUT2D eigenvalue weighted by Gasteiger charge is 2.02. The quantitative estimate of drug-likeness (QED) is 0.766. The van der Waals surface area contributed by atoms with Crippen LogP contribution in [0.4, 0.5) is 0 Å². The van der Waals surface area contributed by atoms with E-state index in [9.17, 15) is 9.59 Å². The maximum Gasteiger partial charge on any atom is 0.307 e. The van der Waals surface area contributed by atoms with Crippen LogP contribution in [0.5, 0.6) is 0 Å². The first-order valence-electron chi connectivity index (χ1n) is 4.06. The van der Waals surface area contributed by atoms with Crippen LogP contribution in [0.2, 0.25) is 0 Å². The monoisotopic (exact) mass is 259 g/mol. The Bertz CT molecular complexity index is 386. The van der Waals surface area contributed by atoms with Crippen molar-refractivity contribution in [3.63, 3.8) is 0 Å². The van der Waals surface area contributed by atoms with Crippen molar-refractivity contribution in [2.24, 2.45) is 0 Å². The topological polar surface area (TPSA) is 48.3 Å². The molecule has 1 aromatic rings. The Morgan fingerprint density at radius 2 is 2.29 bits per heavy atom. The zero-order valence-electron chi connectivity index (χ0n) is 7.70. The molecule has 0 fully saturated rings. The number of hydrogen-bond acceptors (Lipinski definition) is 3. The van der Waals surface area contributed by atoms with Gasteiger partial charge in [-0.15, -0.1) is 0 Å². The molecule has 5 heteroatoms. The van der Waals surface area contributed by atoms with Gasteiger partial charge in [0, 0.05) is 23.3 Å². The molecular weight excluding hydrogens is 250 g/mol. The second kappa shape index (κ2) is 4.95. The van der Waals surface area contributed by atoms with E-state index in [1.807, 2.05) is 0 Å². The lowest BCUT2D eigenvalue weighted by Gasteiger charge is -2.04. The summed E-state index contributed by atoms with van der Waals surface area (Å²) in [6, 6.07) is 3.11. The van der Waals surface area contributed by atoms with E-state index in [0.29, 0.717) is 6.54 Å². The Balaban J connectivity index is 2.71. The third-order valence-corrected chi connectivity index (χ3v) is 2.20. The zero-order chi connectivity index (χ0) is 10.6. The van der Waals surface area contributed by atoms with Crippen LogP contribution in [0.25, 0.3) is 0 Å². The van der Waals surface area contributed by atoms with Crippen molar-refractivity contribution in [1.29, 1.82) is 0 Å². The molecule has 0 spiro atoms. The van der Waals surface area contributed by atoms with Gasteiger partial charge in [-0.2, -0.15) is 0 Å². The number of carbonyl (C=O) groups is 1. The summed E-state index contributed by atoms with van der Waals surface area (Å²) in [7, 11) is 1.33. The summed E-state index contributed by atoms with van der Waals surface area (Å²) in [5, 5.41) is 0. The van der Waals surface area contributed by atoms with Gasteiger partial charge in [-0.3, -0.25) is 9.59 Å². The zero-order valence-corrected chi connectivity index (χ0v) is 9.28. The van der Waals surface area contributed by atoms with Crippen molar-refractivity contribution in [1.82, 2.24) is 4.57 Å². The molecule has 0 saturated heterocycles. The van der Waals surface area contributed by atoms with E-state index in [1.165, 1.54) is 17.7 Å². The first kappa shape index (κ1) is 11.0. The van der Waals surface area contributed by atoms with Gasteiger partial charge < -0.3 is 9.30 Å². The van der Waals surface area contributed by atoms with Crippen molar-refractivity contribution in [3.05, 3.63) is 33.2 Å². The number of rotatable bonds is 3. The predicted molar refractivity (Wildman–Crippen MR) is 55.0 cm³/mol. The highest BCUT2D eigenvalue weighted by Crippen LogP contribution is 2.05. The van der Waals surface area contributed by atoms with E-state index in [0.717, 1.165) is 4.47 Å². The molecular formula is C9H10BrNO3. The van der Waals surface area contributed by atoms with Gasteiger partial charge in [-0.05, 0) is 22.0 Å². The average molecular weight is 260 g/mol. The van der Waals surface area contributed by atoms with Crippen molar-refractivity contribution in [3.8, 4) is 0 Å². The summed E-state index contributed by atoms with van der Waals surface area (Å²) in [5.74, 6) is -0.322. The van der Waals surface area contributed by atoms with Gasteiger partial charge in [-0.1, -0.05) is 0 Å². The van der Waals surface area contributed by atoms with E-state index in [-0.39, 0.29) is 17.9 Å². The molecule has 0 aromatic carbocycles. The number of hydrogen-bond donors (Lipinski definition) is 0. The van der Waals surface area contributed by atoms with Gasteiger partial charge in [-0.25, -0.2) is 0 Å². The normalized spacial score (nSPS) is 9.86. The van der Waals surface area contributed by atoms with Crippen molar-refractivity contribution in [2.45, 2.75) is 13.0 Å². The van der Waals surface area contributed by atoms with Crippen molar-refractivity contribution in [2.75, 3.05) is 7.11 Å². The van der Waals surface area contributed by atoms with Crippen LogP contribution in [0.1, 0.15) is 6.42 Å². The number of ether oxygens (including phenoxy) is 1. The second-order valence-electron chi connectivity index (χ2n) is 2.71. The lowest BCUT2D eigenvalue weighted by Crippen LogP contribution is -2.20. The molecule has 76 valence electrons. The molecule has 4 nitrogen and oxygen atoms in total. The van der Waals surface area contributed by atoms with Crippen LogP contribution in [-0.4, -0.2) is 17.6 Å². The average Bonchev–Trinajstić information content (AvgIpc) is 2.19. The highest BCUT2D eigenvalue weighted by atomic mass is 79.9. The number of esters is 1. The number of carbonyl (C=O) groups excluding carboxylic acids is 1. The van der Waals surface area contributed by atoms with Crippen LogP contribution in [0, 0.1) is 0 Å². The Labute approximate surface area is 89.6 Å². The molecule has 0 bridgehead atoms. The molecule has 0 aliphatic heterocycles. The first-order valence-corrected chi connectivity index (χ1v) is 4.85. The summed E-state index contributed by atoms with van der Waals surface area (Å²) < 4.78 is 6.74. The van der Waals surface area contributed by atoms with Crippen LogP contribution in [-0.2, 0) is 16.1 Å². The van der Waals surface area contributed by atoms with E-state index in [2.05, 4.69) is 20.7 Å². The molecule has 0 N–H and O–H groups in total. The molecule has 0 aliphatic carbocycles. The standard InChI is InChI=1S/C9H10BrNO3/c1-14-9(13)4-5-11-6-7(10)2-3-8(11)12/h2-3,6H,4-5H2,1H3. The number of methoxy groups -OCH3 is 1. The minimum atomic E-state index is -0.322. The maximum atomic E-state index is 11.3. The Morgan fingerprint density at radius 3 is 2.93 bits per heavy atom. The fourth-order valence-electron chi connectivity index (χ4n) is 0.991. The molecule has 14 heavy (non-hydrogen) atoms. The van der Waals surface area contributed by atoms with Gasteiger partial charge >= 0.3 is 5.97 Å². The molecule has 1 rings (SSSR count). The summed E-state index contributed by atoms with van der Waals surface area (Å²) in [5.41, 5.74) is -0.128. The molecule has 0 amide bonds. The summed E-state index contributed by atoms with van der Waals surface area (Å²) in [6.45, 7) is 0.338. The van der Waals surface area contributed by atoms with Crippen LogP contribution in [0.15, 0.2) is 27.6 Å². The van der Waals surface area contributed by atoms with Gasteiger partial charge in [0.1, 0.15) is 0 Å². The van der Waals surface area contributed by atoms with Gasteiger partial charge in [0.05, 0.1) is 13.5 Å². The van der Waals surface area contributed by atoms with Gasteiger partial charge in [0.15, 0.2) is 0 Å². The van der Waals surface area contributed by atoms with Crippen LogP contribution in [0.3, 0.4) is 0 Å². The Kier molecular flexibility index (Phi) is 3.88. The molecule has 1 aromatic heterocycles. The van der Waals surface area contributed by atoms with E-state index < -0.39 is 0 Å². The first-order chi connectivity index (χ1) is 6.63. The molecule has 0 unspecified atom stereocenters. The van der Waals surface area contributed by atoms with Gasteiger partial charge in [0.25, 0.3) is 5.56 Å². The molecule has 0 atom stereocenters. The van der Waals surface area contributed by atoms with Crippen molar-refractivity contribution < 1.29 is 9.53 Å². The van der Waals surface area contributed by atoms with Crippen LogP contribution >= 0.6 is 15.9 Å². The third kappa shape index (κ3) is 2.99. The fraction of sp³-hybridized carbons (Fsp3) is 0.333. The van der Waals surface area contributed by atoms with Gasteiger partial charge in [0.2, 0.25) is 0 Å². The Hall–Kier alpha value is -1.10. The van der Waals surface area contributed by atoms with Crippen LogP contribution < -0.4 is 5.56 Å². The Morgan fingerprint density at radius 1 is 1.57 bits per heavy atom. The molecule has 0 radical (unpaired) electrons. The smallest absolute Gasteiger partial charge is 0.307 e. The predicted octanol–water partition coefficient (Wildman–Crippen LogP) is 1.17. The lowest BCUT2D eigenvalue weighted by molar-refractivity contribution is -0.140. The molecule has 1 heterocycles. The summed E-state index contributed by atoms with van der Waals surface area (Å²) in [4.78, 5) is 22.1.